The number of thiazole rings is 1. The Morgan fingerprint density at radius 2 is 1.85 bits per heavy atom. The Bertz CT molecular complexity index is 1650. The molecular formula is C28H29N3O7S. The van der Waals surface area contributed by atoms with Crippen molar-refractivity contribution in [2.24, 2.45) is 4.99 Å². The van der Waals surface area contributed by atoms with Crippen LogP contribution < -0.4 is 24.4 Å². The number of aryl methyl sites for hydroxylation is 1. The van der Waals surface area contributed by atoms with Gasteiger partial charge in [-0.2, -0.15) is 0 Å². The molecule has 3 aromatic rings. The lowest BCUT2D eigenvalue weighted by Gasteiger charge is -2.24. The second-order valence-electron chi connectivity index (χ2n) is 8.67. The van der Waals surface area contributed by atoms with Crippen molar-refractivity contribution in [2.75, 3.05) is 19.8 Å². The lowest BCUT2D eigenvalue weighted by Crippen LogP contribution is -2.40. The number of carbonyl (C=O) groups excluding carboxylic acids is 1. The van der Waals surface area contributed by atoms with Gasteiger partial charge in [0.05, 0.1) is 46.6 Å². The average Bonchev–Trinajstić information content (AvgIpc) is 3.19. The number of fused-ring (bicyclic) bond motifs is 1. The number of nitrogens with zero attached hydrogens (tertiary/aromatic N) is 3. The minimum Gasteiger partial charge on any atom is -0.494 e. The van der Waals surface area contributed by atoms with Crippen molar-refractivity contribution in [3.63, 3.8) is 0 Å². The fourth-order valence-corrected chi connectivity index (χ4v) is 5.45. The van der Waals surface area contributed by atoms with Gasteiger partial charge in [-0.3, -0.25) is 19.5 Å². The molecule has 0 spiro atoms. The summed E-state index contributed by atoms with van der Waals surface area (Å²) in [5, 5.41) is 11.7. The highest BCUT2D eigenvalue weighted by Crippen LogP contribution is 2.33. The number of carbonyl (C=O) groups is 1. The number of nitro groups is 1. The van der Waals surface area contributed by atoms with Gasteiger partial charge in [0.15, 0.2) is 4.80 Å². The molecule has 39 heavy (non-hydrogen) atoms. The summed E-state index contributed by atoms with van der Waals surface area (Å²) in [6.07, 6.45) is 1.71. The molecule has 1 aliphatic heterocycles. The molecule has 4 rings (SSSR count). The summed E-state index contributed by atoms with van der Waals surface area (Å²) in [6.45, 7) is 9.78. The first-order valence-corrected chi connectivity index (χ1v) is 13.4. The van der Waals surface area contributed by atoms with Crippen molar-refractivity contribution < 1.29 is 23.9 Å². The molecule has 2 aromatic carbocycles. The average molecular weight is 552 g/mol. The van der Waals surface area contributed by atoms with Gasteiger partial charge >= 0.3 is 5.97 Å². The molecule has 1 aromatic heterocycles. The summed E-state index contributed by atoms with van der Waals surface area (Å²) in [5.74, 6) is 0.574. The molecule has 1 atom stereocenters. The molecule has 204 valence electrons. The van der Waals surface area contributed by atoms with Crippen LogP contribution in [0.15, 0.2) is 57.5 Å². The van der Waals surface area contributed by atoms with Gasteiger partial charge in [0.25, 0.3) is 11.2 Å². The third kappa shape index (κ3) is 5.49. The van der Waals surface area contributed by atoms with Crippen LogP contribution in [-0.2, 0) is 9.53 Å². The van der Waals surface area contributed by atoms with Crippen molar-refractivity contribution in [1.82, 2.24) is 4.57 Å². The number of ether oxygens (including phenoxy) is 3. The van der Waals surface area contributed by atoms with E-state index in [2.05, 4.69) is 4.99 Å². The largest absolute Gasteiger partial charge is 0.494 e. The van der Waals surface area contributed by atoms with Crippen LogP contribution in [0, 0.1) is 17.0 Å². The van der Waals surface area contributed by atoms with Crippen LogP contribution in [0.3, 0.4) is 0 Å². The van der Waals surface area contributed by atoms with E-state index in [1.54, 1.807) is 51.1 Å². The zero-order chi connectivity index (χ0) is 28.3. The highest BCUT2D eigenvalue weighted by atomic mass is 32.1. The molecule has 11 heteroatoms. The Hall–Kier alpha value is -4.25. The zero-order valence-corrected chi connectivity index (χ0v) is 23.2. The second kappa shape index (κ2) is 11.6. The van der Waals surface area contributed by atoms with E-state index < -0.39 is 22.5 Å². The summed E-state index contributed by atoms with van der Waals surface area (Å²) in [6, 6.07) is 9.11. The third-order valence-electron chi connectivity index (χ3n) is 6.15. The SMILES string of the molecule is CCOC(=O)C1=C(C)N=c2s/c(=C/c3ccc(OCC)cc3OCC)c(=O)n2[C@H]1c1ccc(C)c([N+](=O)[O-])c1. The number of rotatable bonds is 9. The summed E-state index contributed by atoms with van der Waals surface area (Å²) < 4.78 is 18.4. The van der Waals surface area contributed by atoms with Crippen LogP contribution in [0.25, 0.3) is 6.08 Å². The van der Waals surface area contributed by atoms with E-state index in [0.29, 0.717) is 56.4 Å². The lowest BCUT2D eigenvalue weighted by atomic mass is 9.94. The van der Waals surface area contributed by atoms with Crippen molar-refractivity contribution in [3.05, 3.63) is 94.2 Å². The monoisotopic (exact) mass is 551 g/mol. The molecule has 0 saturated heterocycles. The van der Waals surface area contributed by atoms with Gasteiger partial charge in [-0.05, 0) is 58.4 Å². The molecule has 0 fully saturated rings. The first-order valence-electron chi connectivity index (χ1n) is 12.5. The maximum Gasteiger partial charge on any atom is 0.338 e. The summed E-state index contributed by atoms with van der Waals surface area (Å²) in [5.41, 5.74) is 1.59. The molecule has 0 N–H and O–H groups in total. The quantitative estimate of drug-likeness (QED) is 0.225. The number of hydrogen-bond acceptors (Lipinski definition) is 9. The van der Waals surface area contributed by atoms with E-state index in [1.807, 2.05) is 19.9 Å². The molecule has 0 unspecified atom stereocenters. The molecule has 0 saturated carbocycles. The molecule has 10 nitrogen and oxygen atoms in total. The standard InChI is InChI=1S/C28H29N3O7S/c1-6-36-20-12-11-18(22(15-20)37-7-2)14-23-26(32)30-25(19-10-9-16(4)21(13-19)31(34)35)24(27(33)38-8-3)17(5)29-28(30)39-23/h9-15,25H,6-8H2,1-5H3/b23-14+/t25-/m0/s1. The van der Waals surface area contributed by atoms with Crippen LogP contribution in [0.4, 0.5) is 5.69 Å². The minimum atomic E-state index is -0.951. The van der Waals surface area contributed by atoms with Crippen molar-refractivity contribution in [3.8, 4) is 11.5 Å². The van der Waals surface area contributed by atoms with Crippen LogP contribution >= 0.6 is 11.3 Å². The van der Waals surface area contributed by atoms with E-state index in [0.717, 1.165) is 11.3 Å². The van der Waals surface area contributed by atoms with E-state index in [4.69, 9.17) is 14.2 Å². The normalized spacial score (nSPS) is 15.0. The maximum atomic E-state index is 13.9. The molecule has 0 aliphatic carbocycles. The van der Waals surface area contributed by atoms with E-state index in [1.165, 1.54) is 10.6 Å². The Morgan fingerprint density at radius 3 is 2.51 bits per heavy atom. The first-order chi connectivity index (χ1) is 18.7. The Balaban J connectivity index is 1.96. The number of esters is 1. The highest BCUT2D eigenvalue weighted by Gasteiger charge is 2.34. The number of nitro benzene ring substituents is 1. The third-order valence-corrected chi connectivity index (χ3v) is 7.13. The number of allylic oxidation sites excluding steroid dienone is 1. The van der Waals surface area contributed by atoms with Crippen LogP contribution in [-0.4, -0.2) is 35.3 Å². The smallest absolute Gasteiger partial charge is 0.338 e. The molecule has 0 amide bonds. The van der Waals surface area contributed by atoms with E-state index >= 15 is 0 Å². The van der Waals surface area contributed by atoms with E-state index in [-0.39, 0.29) is 17.9 Å². The minimum absolute atomic E-state index is 0.108. The lowest BCUT2D eigenvalue weighted by molar-refractivity contribution is -0.385. The summed E-state index contributed by atoms with van der Waals surface area (Å²) in [4.78, 5) is 43.1. The zero-order valence-electron chi connectivity index (χ0n) is 22.3. The Labute approximate surface area is 228 Å². The number of benzene rings is 2. The van der Waals surface area contributed by atoms with Gasteiger partial charge in [-0.1, -0.05) is 23.5 Å². The molecule has 2 heterocycles. The molecular weight excluding hydrogens is 522 g/mol. The number of hydrogen-bond donors (Lipinski definition) is 0. The van der Waals surface area contributed by atoms with Crippen LogP contribution in [0.2, 0.25) is 0 Å². The van der Waals surface area contributed by atoms with Crippen molar-refractivity contribution in [1.29, 1.82) is 0 Å². The summed E-state index contributed by atoms with van der Waals surface area (Å²) in [7, 11) is 0. The first kappa shape index (κ1) is 27.8. The second-order valence-corrected chi connectivity index (χ2v) is 9.68. The van der Waals surface area contributed by atoms with Gasteiger partial charge < -0.3 is 14.2 Å². The predicted molar refractivity (Wildman–Crippen MR) is 147 cm³/mol. The molecule has 1 aliphatic rings. The van der Waals surface area contributed by atoms with Gasteiger partial charge in [0, 0.05) is 23.3 Å². The van der Waals surface area contributed by atoms with Gasteiger partial charge in [0.2, 0.25) is 0 Å². The molecule has 0 bridgehead atoms. The van der Waals surface area contributed by atoms with Crippen molar-refractivity contribution in [2.45, 2.75) is 40.7 Å². The van der Waals surface area contributed by atoms with Crippen LogP contribution in [0.5, 0.6) is 11.5 Å². The summed E-state index contributed by atoms with van der Waals surface area (Å²) >= 11 is 1.16. The van der Waals surface area contributed by atoms with Crippen molar-refractivity contribution >= 4 is 29.1 Å². The predicted octanol–water partition coefficient (Wildman–Crippen LogP) is 3.81. The van der Waals surface area contributed by atoms with Gasteiger partial charge in [-0.25, -0.2) is 9.79 Å². The maximum absolute atomic E-state index is 13.9. The fourth-order valence-electron chi connectivity index (χ4n) is 4.41. The Kier molecular flexibility index (Phi) is 8.29. The van der Waals surface area contributed by atoms with Gasteiger partial charge in [0.1, 0.15) is 11.5 Å². The Morgan fingerprint density at radius 1 is 1.10 bits per heavy atom. The van der Waals surface area contributed by atoms with E-state index in [9.17, 15) is 19.7 Å². The topological polar surface area (TPSA) is 122 Å². The number of aromatic nitrogens is 1. The van der Waals surface area contributed by atoms with Gasteiger partial charge in [-0.15, -0.1) is 0 Å². The fraction of sp³-hybridized carbons (Fsp3) is 0.321. The van der Waals surface area contributed by atoms with Crippen LogP contribution in [0.1, 0.15) is 50.4 Å². The highest BCUT2D eigenvalue weighted by molar-refractivity contribution is 7.07. The molecule has 0 radical (unpaired) electrons.